The zero-order valence-electron chi connectivity index (χ0n) is 26.6. The Morgan fingerprint density at radius 1 is 0.596 bits per heavy atom. The summed E-state index contributed by atoms with van der Waals surface area (Å²) in [5.41, 5.74) is 5.19. The molecule has 0 saturated carbocycles. The van der Waals surface area contributed by atoms with Crippen molar-refractivity contribution >= 4 is 129 Å². The maximum Gasteiger partial charge on any atom is 0.265 e. The monoisotopic (exact) mass is 810 g/mol. The van der Waals surface area contributed by atoms with Crippen molar-refractivity contribution in [3.05, 3.63) is 51.5 Å². The standard InChI is InChI=1S/C36H36Br2N4O2S3/c1-3-5-7-9-11-13-15-19-20(16-14-12-10-8-6-4-2)24-26-25-23(19)35(43)41-27-21(37)17-45-33(27)39-31(41)29(25)47-30(26)32-40-34-28(22(38)18-46-34)42(32)36(24)44/h17-18H,3-16H2,1-2H3. The Morgan fingerprint density at radius 3 is 1.43 bits per heavy atom. The number of fused-ring (bicyclic) bond motifs is 8. The van der Waals surface area contributed by atoms with Crippen LogP contribution in [-0.2, 0) is 12.8 Å². The summed E-state index contributed by atoms with van der Waals surface area (Å²) in [5.74, 6) is 0. The van der Waals surface area contributed by atoms with Gasteiger partial charge in [-0.15, -0.1) is 34.0 Å². The molecule has 7 heterocycles. The summed E-state index contributed by atoms with van der Waals surface area (Å²) in [6.07, 6.45) is 15.7. The molecule has 8 aromatic rings. The molecule has 0 N–H and O–H groups in total. The number of pyridine rings is 2. The van der Waals surface area contributed by atoms with E-state index in [0.29, 0.717) is 11.3 Å². The van der Waals surface area contributed by atoms with Gasteiger partial charge in [-0.05, 0) is 68.7 Å². The lowest BCUT2D eigenvalue weighted by Gasteiger charge is -2.17. The highest BCUT2D eigenvalue weighted by Gasteiger charge is 2.30. The van der Waals surface area contributed by atoms with Crippen LogP contribution in [0.2, 0.25) is 0 Å². The molecule has 0 atom stereocenters. The second-order valence-corrected chi connectivity index (χ2v) is 17.3. The van der Waals surface area contributed by atoms with Crippen molar-refractivity contribution in [1.29, 1.82) is 0 Å². The van der Waals surface area contributed by atoms with E-state index in [1.807, 2.05) is 19.6 Å². The lowest BCUT2D eigenvalue weighted by Crippen LogP contribution is -2.19. The molecule has 47 heavy (non-hydrogen) atoms. The molecule has 8 rings (SSSR count). The molecule has 1 aromatic carbocycles. The number of rotatable bonds is 14. The zero-order chi connectivity index (χ0) is 32.4. The number of nitrogens with zero attached hydrogens (tertiary/aromatic N) is 4. The van der Waals surface area contributed by atoms with Gasteiger partial charge in [-0.1, -0.05) is 78.1 Å². The minimum absolute atomic E-state index is 0.0136. The SMILES string of the molecule is CCCCCCCCc1c(CCCCCCCC)c2c(=O)n3c(nc4scc(Br)c43)c3sc4c(c1c(=O)n1c4nc4scc(Br)c41)c23. The van der Waals surface area contributed by atoms with Gasteiger partial charge >= 0.3 is 0 Å². The second kappa shape index (κ2) is 12.9. The number of halogens is 2. The van der Waals surface area contributed by atoms with Crippen molar-refractivity contribution in [2.45, 2.75) is 104 Å². The number of benzene rings is 1. The fourth-order valence-electron chi connectivity index (χ4n) is 7.65. The fraction of sp³-hybridized carbons (Fsp3) is 0.444. The van der Waals surface area contributed by atoms with Gasteiger partial charge in [-0.25, -0.2) is 9.97 Å². The summed E-state index contributed by atoms with van der Waals surface area (Å²) >= 11 is 12.2. The summed E-state index contributed by atoms with van der Waals surface area (Å²) in [4.78, 5) is 41.6. The Balaban J connectivity index is 1.46. The predicted octanol–water partition coefficient (Wildman–Crippen LogP) is 11.9. The van der Waals surface area contributed by atoms with Crippen LogP contribution in [0.5, 0.6) is 0 Å². The highest BCUT2D eigenvalue weighted by Crippen LogP contribution is 2.47. The Bertz CT molecular complexity index is 2370. The number of imidazole rings is 2. The van der Waals surface area contributed by atoms with Crippen LogP contribution in [-0.4, -0.2) is 18.8 Å². The van der Waals surface area contributed by atoms with Crippen LogP contribution in [0.4, 0.5) is 0 Å². The van der Waals surface area contributed by atoms with E-state index in [9.17, 15) is 9.59 Å². The topological polar surface area (TPSA) is 68.7 Å². The van der Waals surface area contributed by atoms with Crippen molar-refractivity contribution in [3.8, 4) is 0 Å². The number of aromatic nitrogens is 4. The van der Waals surface area contributed by atoms with Crippen LogP contribution in [0.1, 0.15) is 102 Å². The molecule has 0 bridgehead atoms. The summed E-state index contributed by atoms with van der Waals surface area (Å²) in [6, 6.07) is 0. The Kier molecular flexibility index (Phi) is 8.82. The van der Waals surface area contributed by atoms with Gasteiger partial charge in [0.25, 0.3) is 11.1 Å². The molecule has 0 amide bonds. The van der Waals surface area contributed by atoms with Crippen LogP contribution in [0.3, 0.4) is 0 Å². The van der Waals surface area contributed by atoms with Crippen LogP contribution < -0.4 is 11.1 Å². The molecule has 0 spiro atoms. The van der Waals surface area contributed by atoms with E-state index in [-0.39, 0.29) is 11.1 Å². The first-order chi connectivity index (χ1) is 23.0. The van der Waals surface area contributed by atoms with E-state index < -0.39 is 0 Å². The zero-order valence-corrected chi connectivity index (χ0v) is 32.3. The largest absolute Gasteiger partial charge is 0.268 e. The van der Waals surface area contributed by atoms with Crippen LogP contribution in [0.15, 0.2) is 29.3 Å². The lowest BCUT2D eigenvalue weighted by atomic mass is 9.87. The molecule has 244 valence electrons. The molecule has 0 radical (unpaired) electrons. The van der Waals surface area contributed by atoms with Crippen LogP contribution in [0.25, 0.3) is 62.9 Å². The van der Waals surface area contributed by atoms with Crippen molar-refractivity contribution in [2.24, 2.45) is 0 Å². The third kappa shape index (κ3) is 5.00. The van der Waals surface area contributed by atoms with Gasteiger partial charge in [0, 0.05) is 21.5 Å². The summed E-state index contributed by atoms with van der Waals surface area (Å²) in [7, 11) is 0. The molecular formula is C36H36Br2N4O2S3. The quantitative estimate of drug-likeness (QED) is 0.0810. The average Bonchev–Trinajstić information content (AvgIpc) is 3.87. The van der Waals surface area contributed by atoms with Gasteiger partial charge in [-0.2, -0.15) is 0 Å². The van der Waals surface area contributed by atoms with E-state index in [2.05, 4.69) is 45.7 Å². The second-order valence-electron chi connectivity index (χ2n) is 12.9. The Labute approximate surface area is 300 Å². The van der Waals surface area contributed by atoms with Gasteiger partial charge in [-0.3, -0.25) is 18.4 Å². The molecule has 0 fully saturated rings. The minimum Gasteiger partial charge on any atom is -0.268 e. The van der Waals surface area contributed by atoms with Gasteiger partial charge in [0.1, 0.15) is 20.7 Å². The molecule has 0 unspecified atom stereocenters. The van der Waals surface area contributed by atoms with E-state index in [0.717, 1.165) is 110 Å². The summed E-state index contributed by atoms with van der Waals surface area (Å²) < 4.78 is 7.41. The third-order valence-electron chi connectivity index (χ3n) is 9.87. The van der Waals surface area contributed by atoms with Crippen molar-refractivity contribution in [2.75, 3.05) is 0 Å². The lowest BCUT2D eigenvalue weighted by molar-refractivity contribution is 0.600. The van der Waals surface area contributed by atoms with Gasteiger partial charge in [0.2, 0.25) is 0 Å². The molecule has 0 saturated heterocycles. The first-order valence-electron chi connectivity index (χ1n) is 17.0. The van der Waals surface area contributed by atoms with Crippen molar-refractivity contribution < 1.29 is 0 Å². The third-order valence-corrected chi connectivity index (χ3v) is 14.6. The average molecular weight is 813 g/mol. The Morgan fingerprint density at radius 2 is 1.00 bits per heavy atom. The highest BCUT2D eigenvalue weighted by atomic mass is 79.9. The summed E-state index contributed by atoms with van der Waals surface area (Å²) in [5, 5.41) is 7.45. The van der Waals surface area contributed by atoms with Gasteiger partial charge in [0.15, 0.2) is 11.3 Å². The normalized spacial score (nSPS) is 12.8. The van der Waals surface area contributed by atoms with Crippen molar-refractivity contribution in [3.63, 3.8) is 0 Å². The van der Waals surface area contributed by atoms with Crippen LogP contribution >= 0.6 is 65.9 Å². The molecular weight excluding hydrogens is 776 g/mol. The van der Waals surface area contributed by atoms with Gasteiger partial charge < -0.3 is 0 Å². The number of unbranched alkanes of at least 4 members (excludes halogenated alkanes) is 10. The summed E-state index contributed by atoms with van der Waals surface area (Å²) in [6.45, 7) is 4.49. The number of thiophene rings is 3. The molecule has 0 aliphatic heterocycles. The number of hydrogen-bond acceptors (Lipinski definition) is 7. The maximum atomic E-state index is 14.9. The molecule has 0 aliphatic rings. The minimum atomic E-state index is -0.0136. The van der Waals surface area contributed by atoms with Crippen LogP contribution in [0, 0.1) is 0 Å². The van der Waals surface area contributed by atoms with E-state index in [1.165, 1.54) is 51.4 Å². The predicted molar refractivity (Wildman–Crippen MR) is 210 cm³/mol. The molecule has 7 aromatic heterocycles. The van der Waals surface area contributed by atoms with Gasteiger partial charge in [0.05, 0.1) is 29.1 Å². The van der Waals surface area contributed by atoms with Crippen molar-refractivity contribution in [1.82, 2.24) is 18.8 Å². The first-order valence-corrected chi connectivity index (χ1v) is 21.2. The van der Waals surface area contributed by atoms with E-state index >= 15 is 0 Å². The molecule has 0 aliphatic carbocycles. The smallest absolute Gasteiger partial charge is 0.265 e. The van der Waals surface area contributed by atoms with E-state index in [4.69, 9.17) is 9.97 Å². The van der Waals surface area contributed by atoms with E-state index in [1.54, 1.807) is 34.0 Å². The molecule has 11 heteroatoms. The Hall–Kier alpha value is -2.18. The number of hydrogen-bond donors (Lipinski definition) is 0. The highest BCUT2D eigenvalue weighted by molar-refractivity contribution is 9.11. The number of aryl methyl sites for hydroxylation is 2. The fourth-order valence-corrected chi connectivity index (χ4v) is 12.0. The maximum absolute atomic E-state index is 14.9. The first kappa shape index (κ1) is 32.0. The molecule has 6 nitrogen and oxygen atoms in total.